The highest BCUT2D eigenvalue weighted by molar-refractivity contribution is 5.94. The fourth-order valence-electron chi connectivity index (χ4n) is 1.91. The van der Waals surface area contributed by atoms with E-state index in [0.717, 1.165) is 6.07 Å². The minimum absolute atomic E-state index is 0.0137. The van der Waals surface area contributed by atoms with E-state index in [1.165, 1.54) is 18.2 Å². The van der Waals surface area contributed by atoms with Crippen LogP contribution in [0.15, 0.2) is 36.4 Å². The molecule has 0 bridgehead atoms. The second-order valence-electron chi connectivity index (χ2n) is 4.94. The van der Waals surface area contributed by atoms with E-state index in [9.17, 15) is 13.6 Å². The van der Waals surface area contributed by atoms with Crippen LogP contribution in [0.2, 0.25) is 0 Å². The van der Waals surface area contributed by atoms with Gasteiger partial charge in [0, 0.05) is 5.56 Å². The summed E-state index contributed by atoms with van der Waals surface area (Å²) in [5.41, 5.74) is 6.70. The van der Waals surface area contributed by atoms with Crippen molar-refractivity contribution in [2.75, 3.05) is 5.73 Å². The summed E-state index contributed by atoms with van der Waals surface area (Å²) < 4.78 is 26.9. The molecule has 5 heteroatoms. The quantitative estimate of drug-likeness (QED) is 0.852. The molecule has 0 spiro atoms. The molecular weight excluding hydrogens is 274 g/mol. The molecule has 2 aromatic carbocycles. The Kier molecular flexibility index (Phi) is 4.21. The molecule has 1 atom stereocenters. The van der Waals surface area contributed by atoms with E-state index >= 15 is 0 Å². The van der Waals surface area contributed by atoms with Crippen LogP contribution >= 0.6 is 0 Å². The molecule has 0 aliphatic heterocycles. The van der Waals surface area contributed by atoms with Gasteiger partial charge in [-0.2, -0.15) is 0 Å². The SMILES string of the molecule is Cc1ccc(C(C)NC(=O)c2ccc(N)c(F)c2)cc1F. The molecule has 3 N–H and O–H groups in total. The maximum Gasteiger partial charge on any atom is 0.251 e. The van der Waals surface area contributed by atoms with Crippen molar-refractivity contribution < 1.29 is 13.6 Å². The summed E-state index contributed by atoms with van der Waals surface area (Å²) >= 11 is 0. The zero-order valence-electron chi connectivity index (χ0n) is 11.8. The molecule has 21 heavy (non-hydrogen) atoms. The molecule has 2 aromatic rings. The van der Waals surface area contributed by atoms with Gasteiger partial charge in [0.25, 0.3) is 5.91 Å². The molecule has 1 amide bonds. The number of hydrogen-bond acceptors (Lipinski definition) is 2. The van der Waals surface area contributed by atoms with Crippen molar-refractivity contribution in [2.45, 2.75) is 19.9 Å². The zero-order valence-corrected chi connectivity index (χ0v) is 11.8. The van der Waals surface area contributed by atoms with Gasteiger partial charge in [0.2, 0.25) is 0 Å². The Morgan fingerprint density at radius 1 is 1.14 bits per heavy atom. The predicted molar refractivity (Wildman–Crippen MR) is 77.8 cm³/mol. The summed E-state index contributed by atoms with van der Waals surface area (Å²) in [6.45, 7) is 3.40. The van der Waals surface area contributed by atoms with Gasteiger partial charge in [-0.15, -0.1) is 0 Å². The number of carbonyl (C=O) groups excluding carboxylic acids is 1. The van der Waals surface area contributed by atoms with E-state index in [-0.39, 0.29) is 17.1 Å². The van der Waals surface area contributed by atoms with E-state index in [4.69, 9.17) is 5.73 Å². The molecule has 0 fully saturated rings. The van der Waals surface area contributed by atoms with Crippen molar-refractivity contribution >= 4 is 11.6 Å². The van der Waals surface area contributed by atoms with Crippen LogP contribution in [-0.4, -0.2) is 5.91 Å². The van der Waals surface area contributed by atoms with Gasteiger partial charge in [0.05, 0.1) is 11.7 Å². The number of nitrogen functional groups attached to an aromatic ring is 1. The Morgan fingerprint density at radius 2 is 1.86 bits per heavy atom. The molecule has 0 radical (unpaired) electrons. The number of halogens is 2. The van der Waals surface area contributed by atoms with Crippen molar-refractivity contribution in [1.29, 1.82) is 0 Å². The van der Waals surface area contributed by atoms with Crippen LogP contribution in [0.25, 0.3) is 0 Å². The Labute approximate surface area is 121 Å². The molecule has 0 aliphatic carbocycles. The van der Waals surface area contributed by atoms with Crippen molar-refractivity contribution in [3.8, 4) is 0 Å². The van der Waals surface area contributed by atoms with E-state index < -0.39 is 17.8 Å². The van der Waals surface area contributed by atoms with Crippen molar-refractivity contribution in [3.05, 3.63) is 64.7 Å². The molecule has 0 heterocycles. The molecule has 110 valence electrons. The van der Waals surface area contributed by atoms with Crippen LogP contribution in [-0.2, 0) is 0 Å². The van der Waals surface area contributed by atoms with Gasteiger partial charge >= 0.3 is 0 Å². The predicted octanol–water partition coefficient (Wildman–Crippen LogP) is 3.35. The van der Waals surface area contributed by atoms with Gasteiger partial charge in [0.1, 0.15) is 11.6 Å². The highest BCUT2D eigenvalue weighted by Gasteiger charge is 2.13. The molecule has 1 unspecified atom stereocenters. The molecule has 0 aromatic heterocycles. The van der Waals surface area contributed by atoms with Gasteiger partial charge in [-0.1, -0.05) is 12.1 Å². The standard InChI is InChI=1S/C16H16F2N2O/c1-9-3-4-11(7-13(9)17)10(2)20-16(21)12-5-6-15(19)14(18)8-12/h3-8,10H,19H2,1-2H3,(H,20,21). The third kappa shape index (κ3) is 3.37. The van der Waals surface area contributed by atoms with Gasteiger partial charge in [-0.3, -0.25) is 4.79 Å². The van der Waals surface area contributed by atoms with E-state index in [2.05, 4.69) is 5.32 Å². The summed E-state index contributed by atoms with van der Waals surface area (Å²) in [6, 6.07) is 8.23. The second kappa shape index (κ2) is 5.91. The maximum atomic E-state index is 13.5. The topological polar surface area (TPSA) is 55.1 Å². The first kappa shape index (κ1) is 15.0. The van der Waals surface area contributed by atoms with Crippen LogP contribution in [0.5, 0.6) is 0 Å². The van der Waals surface area contributed by atoms with Crippen LogP contribution < -0.4 is 11.1 Å². The number of nitrogens with two attached hydrogens (primary N) is 1. The normalized spacial score (nSPS) is 12.0. The number of hydrogen-bond donors (Lipinski definition) is 2. The number of amides is 1. The summed E-state index contributed by atoms with van der Waals surface area (Å²) in [5, 5.41) is 2.69. The summed E-state index contributed by atoms with van der Waals surface area (Å²) in [7, 11) is 0. The third-order valence-corrected chi connectivity index (χ3v) is 3.31. The van der Waals surface area contributed by atoms with Crippen LogP contribution in [0, 0.1) is 18.6 Å². The van der Waals surface area contributed by atoms with Crippen molar-refractivity contribution in [3.63, 3.8) is 0 Å². The van der Waals surface area contributed by atoms with E-state index in [0.29, 0.717) is 11.1 Å². The highest BCUT2D eigenvalue weighted by Crippen LogP contribution is 2.18. The zero-order chi connectivity index (χ0) is 15.6. The summed E-state index contributed by atoms with van der Waals surface area (Å²) in [5.74, 6) is -1.41. The Hall–Kier alpha value is -2.43. The van der Waals surface area contributed by atoms with Gasteiger partial charge in [-0.05, 0) is 49.2 Å². The maximum absolute atomic E-state index is 13.5. The lowest BCUT2D eigenvalue weighted by Gasteiger charge is -2.15. The summed E-state index contributed by atoms with van der Waals surface area (Å²) in [6.07, 6.45) is 0. The first-order chi connectivity index (χ1) is 9.88. The van der Waals surface area contributed by atoms with E-state index in [1.54, 1.807) is 26.0 Å². The largest absolute Gasteiger partial charge is 0.396 e. The number of benzene rings is 2. The molecular formula is C16H16F2N2O. The number of rotatable bonds is 3. The van der Waals surface area contributed by atoms with Gasteiger partial charge < -0.3 is 11.1 Å². The van der Waals surface area contributed by atoms with Crippen LogP contribution in [0.4, 0.5) is 14.5 Å². The lowest BCUT2D eigenvalue weighted by atomic mass is 10.1. The fraction of sp³-hybridized carbons (Fsp3) is 0.188. The fourth-order valence-corrected chi connectivity index (χ4v) is 1.91. The van der Waals surface area contributed by atoms with Gasteiger partial charge in [0.15, 0.2) is 0 Å². The monoisotopic (exact) mass is 290 g/mol. The summed E-state index contributed by atoms with van der Waals surface area (Å²) in [4.78, 5) is 12.0. The molecule has 0 saturated carbocycles. The average molecular weight is 290 g/mol. The smallest absolute Gasteiger partial charge is 0.251 e. The van der Waals surface area contributed by atoms with Crippen molar-refractivity contribution in [2.24, 2.45) is 0 Å². The van der Waals surface area contributed by atoms with Crippen LogP contribution in [0.1, 0.15) is 34.5 Å². The number of nitrogens with one attached hydrogen (secondary N) is 1. The van der Waals surface area contributed by atoms with Gasteiger partial charge in [-0.25, -0.2) is 8.78 Å². The second-order valence-corrected chi connectivity index (χ2v) is 4.94. The number of anilines is 1. The molecule has 2 rings (SSSR count). The molecule has 0 saturated heterocycles. The minimum Gasteiger partial charge on any atom is -0.396 e. The Balaban J connectivity index is 2.14. The van der Waals surface area contributed by atoms with E-state index in [1.807, 2.05) is 0 Å². The van der Waals surface area contributed by atoms with Crippen LogP contribution in [0.3, 0.4) is 0 Å². The first-order valence-electron chi connectivity index (χ1n) is 6.50. The third-order valence-electron chi connectivity index (χ3n) is 3.31. The minimum atomic E-state index is -0.642. The number of carbonyl (C=O) groups is 1. The first-order valence-corrected chi connectivity index (χ1v) is 6.50. The molecule has 0 aliphatic rings. The lowest BCUT2D eigenvalue weighted by molar-refractivity contribution is 0.0939. The average Bonchev–Trinajstić information content (AvgIpc) is 2.44. The van der Waals surface area contributed by atoms with Crippen molar-refractivity contribution in [1.82, 2.24) is 5.32 Å². The number of aryl methyl sites for hydroxylation is 1. The Bertz CT molecular complexity index is 686. The molecule has 3 nitrogen and oxygen atoms in total. The lowest BCUT2D eigenvalue weighted by Crippen LogP contribution is -2.26. The highest BCUT2D eigenvalue weighted by atomic mass is 19.1. The Morgan fingerprint density at radius 3 is 2.48 bits per heavy atom.